The van der Waals surface area contributed by atoms with Crippen molar-refractivity contribution >= 4 is 0 Å². The van der Waals surface area contributed by atoms with Crippen molar-refractivity contribution in [1.29, 1.82) is 0 Å². The topological polar surface area (TPSA) is 29.5 Å². The van der Waals surface area contributed by atoms with Crippen molar-refractivity contribution < 1.29 is 14.3 Å². The van der Waals surface area contributed by atoms with Crippen molar-refractivity contribution in [3.05, 3.63) is 71.3 Å². The molecule has 0 amide bonds. The Kier molecular flexibility index (Phi) is 4.87. The Morgan fingerprint density at radius 3 is 2.76 bits per heavy atom. The maximum absolute atomic E-state index is 10.1. The van der Waals surface area contributed by atoms with Crippen LogP contribution in [0.25, 0.3) is 0 Å². The minimum absolute atomic E-state index is 0.206. The van der Waals surface area contributed by atoms with Gasteiger partial charge in [0.05, 0.1) is 27.2 Å². The molecule has 0 saturated heterocycles. The number of aryl methyl sites for hydroxylation is 1. The fourth-order valence-electron chi connectivity index (χ4n) is 4.07. The summed E-state index contributed by atoms with van der Waals surface area (Å²) in [5.74, 6) is 0.727. The summed E-state index contributed by atoms with van der Waals surface area (Å²) in [5.41, 5.74) is 5.34. The third-order valence-corrected chi connectivity index (χ3v) is 5.52. The van der Waals surface area contributed by atoms with E-state index in [1.165, 1.54) is 16.7 Å². The van der Waals surface area contributed by atoms with E-state index in [0.717, 1.165) is 36.0 Å². The van der Waals surface area contributed by atoms with Gasteiger partial charge in [-0.15, -0.1) is 0 Å². The van der Waals surface area contributed by atoms with Crippen LogP contribution >= 0.6 is 0 Å². The molecule has 0 aromatic heterocycles. The lowest BCUT2D eigenvalue weighted by Crippen LogP contribution is -2.52. The van der Waals surface area contributed by atoms with Crippen LogP contribution in [-0.4, -0.2) is 36.8 Å². The third-order valence-electron chi connectivity index (χ3n) is 5.52. The van der Waals surface area contributed by atoms with Gasteiger partial charge in [-0.1, -0.05) is 36.4 Å². The molecule has 3 rings (SSSR count). The van der Waals surface area contributed by atoms with Crippen LogP contribution in [-0.2, 0) is 12.8 Å². The molecule has 0 saturated carbocycles. The molecule has 2 aromatic rings. The van der Waals surface area contributed by atoms with E-state index in [9.17, 15) is 5.11 Å². The number of hydrogen-bond donors (Lipinski definition) is 1. The fraction of sp³-hybridized carbons (Fsp3) is 0.364. The van der Waals surface area contributed by atoms with Crippen LogP contribution in [0.15, 0.2) is 49.1 Å². The van der Waals surface area contributed by atoms with Crippen LogP contribution in [0.2, 0.25) is 0 Å². The number of phenolic OH excluding ortho intramolecular Hbond substituents is 1. The van der Waals surface area contributed by atoms with Gasteiger partial charge in [0, 0.05) is 18.4 Å². The lowest BCUT2D eigenvalue weighted by atomic mass is 9.86. The minimum atomic E-state index is 0.206. The molecule has 1 N–H and O–H groups in total. The molecular weight excluding hydrogens is 310 g/mol. The van der Waals surface area contributed by atoms with Crippen molar-refractivity contribution in [2.45, 2.75) is 25.8 Å². The van der Waals surface area contributed by atoms with Gasteiger partial charge in [0.1, 0.15) is 6.04 Å². The molecule has 0 spiro atoms. The number of likely N-dealkylation sites (N-methyl/N-ethyl adjacent to an activating group) is 1. The summed E-state index contributed by atoms with van der Waals surface area (Å²) in [5, 5.41) is 10.1. The van der Waals surface area contributed by atoms with Crippen molar-refractivity contribution in [3.8, 4) is 11.5 Å². The normalized spacial score (nSPS) is 22.3. The highest BCUT2D eigenvalue weighted by atomic mass is 16.5. The standard InChI is InChI=1S/C22H27NO2/c1-5-11-23(3)12-10-18-13-16(2)6-8-19(18)20(23)14-17-7-9-22(25-4)21(24)15-17/h5-9,13,15,20H,1,10-12,14H2,2-4H3/p+1/t20-,23+/m0/s1. The molecule has 3 nitrogen and oxygen atoms in total. The summed E-state index contributed by atoms with van der Waals surface area (Å²) in [6.07, 6.45) is 4.02. The maximum Gasteiger partial charge on any atom is 0.160 e. The number of aromatic hydroxyl groups is 1. The van der Waals surface area contributed by atoms with Gasteiger partial charge in [-0.05, 0) is 36.3 Å². The Balaban J connectivity index is 2.00. The van der Waals surface area contributed by atoms with Crippen molar-refractivity contribution in [2.24, 2.45) is 0 Å². The van der Waals surface area contributed by atoms with Gasteiger partial charge in [-0.3, -0.25) is 0 Å². The molecule has 1 aliphatic heterocycles. The summed E-state index contributed by atoms with van der Waals surface area (Å²) in [6, 6.07) is 12.9. The van der Waals surface area contributed by atoms with Crippen molar-refractivity contribution in [3.63, 3.8) is 0 Å². The van der Waals surface area contributed by atoms with Crippen molar-refractivity contribution in [1.82, 2.24) is 0 Å². The van der Waals surface area contributed by atoms with Crippen LogP contribution < -0.4 is 4.74 Å². The number of benzene rings is 2. The Morgan fingerprint density at radius 1 is 1.28 bits per heavy atom. The molecule has 1 aliphatic rings. The molecule has 2 atom stereocenters. The quantitative estimate of drug-likeness (QED) is 0.654. The maximum atomic E-state index is 10.1. The number of hydrogen-bond acceptors (Lipinski definition) is 2. The zero-order valence-corrected chi connectivity index (χ0v) is 15.5. The van der Waals surface area contributed by atoms with Crippen LogP contribution in [0.5, 0.6) is 11.5 Å². The van der Waals surface area contributed by atoms with Crippen molar-refractivity contribution in [2.75, 3.05) is 27.2 Å². The molecule has 25 heavy (non-hydrogen) atoms. The first-order chi connectivity index (χ1) is 12.0. The molecule has 3 heteroatoms. The van der Waals surface area contributed by atoms with Gasteiger partial charge in [0.25, 0.3) is 0 Å². The lowest BCUT2D eigenvalue weighted by Gasteiger charge is -2.45. The van der Waals surface area contributed by atoms with Crippen LogP contribution in [0.4, 0.5) is 0 Å². The highest BCUT2D eigenvalue weighted by molar-refractivity contribution is 5.43. The zero-order valence-electron chi connectivity index (χ0n) is 15.5. The number of methoxy groups -OCH3 is 1. The van der Waals surface area contributed by atoms with Gasteiger partial charge in [-0.2, -0.15) is 0 Å². The van der Waals surface area contributed by atoms with E-state index < -0.39 is 0 Å². The van der Waals surface area contributed by atoms with E-state index in [2.05, 4.69) is 44.8 Å². The molecular formula is C22H28NO2+. The second-order valence-electron chi connectivity index (χ2n) is 7.35. The van der Waals surface area contributed by atoms with Gasteiger partial charge < -0.3 is 14.3 Å². The smallest absolute Gasteiger partial charge is 0.160 e. The van der Waals surface area contributed by atoms with E-state index in [0.29, 0.717) is 11.8 Å². The number of rotatable bonds is 5. The van der Waals surface area contributed by atoms with Crippen LogP contribution in [0.1, 0.15) is 28.3 Å². The van der Waals surface area contributed by atoms with E-state index in [1.807, 2.05) is 18.2 Å². The van der Waals surface area contributed by atoms with E-state index >= 15 is 0 Å². The molecule has 132 valence electrons. The monoisotopic (exact) mass is 338 g/mol. The largest absolute Gasteiger partial charge is 0.504 e. The molecule has 0 unspecified atom stereocenters. The highest BCUT2D eigenvalue weighted by Gasteiger charge is 2.38. The van der Waals surface area contributed by atoms with Gasteiger partial charge in [0.15, 0.2) is 11.5 Å². The van der Waals surface area contributed by atoms with E-state index in [1.54, 1.807) is 7.11 Å². The number of quaternary nitrogens is 1. The van der Waals surface area contributed by atoms with Crippen LogP contribution in [0, 0.1) is 6.92 Å². The second-order valence-corrected chi connectivity index (χ2v) is 7.35. The predicted molar refractivity (Wildman–Crippen MR) is 102 cm³/mol. The first-order valence-corrected chi connectivity index (χ1v) is 8.87. The second kappa shape index (κ2) is 6.93. The SMILES string of the molecule is C=CC[N@+]1(C)CCc2cc(C)ccc2[C@@H]1Cc1ccc(OC)c(O)c1. The molecule has 2 aromatic carbocycles. The fourth-order valence-corrected chi connectivity index (χ4v) is 4.07. The highest BCUT2D eigenvalue weighted by Crippen LogP contribution is 2.38. The molecule has 1 heterocycles. The first-order valence-electron chi connectivity index (χ1n) is 8.87. The summed E-state index contributed by atoms with van der Waals surface area (Å²) in [7, 11) is 3.89. The number of nitrogens with zero attached hydrogens (tertiary/aromatic N) is 1. The first kappa shape index (κ1) is 17.6. The number of ether oxygens (including phenoxy) is 1. The molecule has 0 bridgehead atoms. The molecule has 0 aliphatic carbocycles. The summed E-state index contributed by atoms with van der Waals surface area (Å²) >= 11 is 0. The summed E-state index contributed by atoms with van der Waals surface area (Å²) < 4.78 is 6.12. The molecule has 0 fully saturated rings. The Bertz CT molecular complexity index is 784. The number of fused-ring (bicyclic) bond motifs is 1. The Labute approximate surface area is 150 Å². The average Bonchev–Trinajstić information content (AvgIpc) is 2.58. The Hall–Kier alpha value is -2.26. The van der Waals surface area contributed by atoms with Gasteiger partial charge in [-0.25, -0.2) is 0 Å². The molecule has 0 radical (unpaired) electrons. The summed E-state index contributed by atoms with van der Waals surface area (Å²) in [4.78, 5) is 0. The third kappa shape index (κ3) is 3.42. The average molecular weight is 338 g/mol. The number of phenols is 1. The van der Waals surface area contributed by atoms with Crippen LogP contribution in [0.3, 0.4) is 0 Å². The van der Waals surface area contributed by atoms with E-state index in [4.69, 9.17) is 4.74 Å². The Morgan fingerprint density at radius 2 is 2.08 bits per heavy atom. The zero-order chi connectivity index (χ0) is 18.0. The summed E-state index contributed by atoms with van der Waals surface area (Å²) in [6.45, 7) is 8.18. The van der Waals surface area contributed by atoms with Gasteiger partial charge >= 0.3 is 0 Å². The van der Waals surface area contributed by atoms with Gasteiger partial charge in [0.2, 0.25) is 0 Å². The van der Waals surface area contributed by atoms with E-state index in [-0.39, 0.29) is 5.75 Å². The predicted octanol–water partition coefficient (Wildman–Crippen LogP) is 4.18. The lowest BCUT2D eigenvalue weighted by molar-refractivity contribution is -0.936. The minimum Gasteiger partial charge on any atom is -0.504 e.